The summed E-state index contributed by atoms with van der Waals surface area (Å²) in [5, 5.41) is 6.31. The standard InChI is InChI=1S/C36H54ClN3O4/c1-9-12-13-14-15-16-24-40(34(42)31(25(4)10-2)39-35(43)44-36(6,7)8)32(28-22-20-27(11-3)21-23-28)33(41)38-30-26(5)18-17-19-29(30)37/h17-23,25,31-32H,9-16,24H2,1-8H3,(H,38,41)(H,39,43). The van der Waals surface area contributed by atoms with Gasteiger partial charge in [0.1, 0.15) is 17.7 Å². The summed E-state index contributed by atoms with van der Waals surface area (Å²) in [6.45, 7) is 15.8. The SMILES string of the molecule is CCCCCCCCN(C(=O)C(NC(=O)OC(C)(C)C)C(C)CC)C(C(=O)Nc1c(C)cccc1Cl)c1ccc(CC)cc1. The topological polar surface area (TPSA) is 87.7 Å². The molecule has 0 radical (unpaired) electrons. The number of alkyl carbamates (subject to hydrolysis) is 1. The van der Waals surface area contributed by atoms with E-state index in [0.717, 1.165) is 49.7 Å². The average molecular weight is 628 g/mol. The molecule has 0 bridgehead atoms. The number of nitrogens with one attached hydrogen (secondary N) is 2. The predicted molar refractivity (Wildman–Crippen MR) is 181 cm³/mol. The monoisotopic (exact) mass is 627 g/mol. The Labute approximate surface area is 270 Å². The molecule has 7 nitrogen and oxygen atoms in total. The van der Waals surface area contributed by atoms with E-state index in [-0.39, 0.29) is 17.7 Å². The average Bonchev–Trinajstić information content (AvgIpc) is 2.97. The molecule has 0 heterocycles. The van der Waals surface area contributed by atoms with Crippen LogP contribution in [0.2, 0.25) is 5.02 Å². The fraction of sp³-hybridized carbons (Fsp3) is 0.583. The van der Waals surface area contributed by atoms with Crippen molar-refractivity contribution in [1.82, 2.24) is 10.2 Å². The molecule has 8 heteroatoms. The number of carbonyl (C=O) groups excluding carboxylic acids is 3. The van der Waals surface area contributed by atoms with Crippen molar-refractivity contribution in [3.63, 3.8) is 0 Å². The van der Waals surface area contributed by atoms with Crippen molar-refractivity contribution < 1.29 is 19.1 Å². The quantitative estimate of drug-likeness (QED) is 0.182. The van der Waals surface area contributed by atoms with Gasteiger partial charge in [-0.25, -0.2) is 4.79 Å². The van der Waals surface area contributed by atoms with Crippen LogP contribution in [0.3, 0.4) is 0 Å². The minimum atomic E-state index is -0.938. The van der Waals surface area contributed by atoms with Crippen LogP contribution in [0.1, 0.15) is 116 Å². The van der Waals surface area contributed by atoms with E-state index in [1.807, 2.05) is 57.2 Å². The van der Waals surface area contributed by atoms with Gasteiger partial charge in [-0.05, 0) is 69.2 Å². The lowest BCUT2D eigenvalue weighted by Crippen LogP contribution is -2.55. The molecule has 0 aliphatic heterocycles. The molecule has 2 aromatic carbocycles. The molecule has 3 atom stereocenters. The molecule has 0 saturated heterocycles. The Hall–Kier alpha value is -3.06. The first-order chi connectivity index (χ1) is 20.8. The fourth-order valence-electron chi connectivity index (χ4n) is 5.12. The van der Waals surface area contributed by atoms with E-state index in [1.54, 1.807) is 31.7 Å². The number of benzene rings is 2. The van der Waals surface area contributed by atoms with Crippen molar-refractivity contribution in [1.29, 1.82) is 0 Å². The second-order valence-electron chi connectivity index (χ2n) is 12.7. The van der Waals surface area contributed by atoms with Gasteiger partial charge in [-0.15, -0.1) is 0 Å². The summed E-state index contributed by atoms with van der Waals surface area (Å²) >= 11 is 6.51. The highest BCUT2D eigenvalue weighted by Gasteiger charge is 2.38. The van der Waals surface area contributed by atoms with Gasteiger partial charge in [-0.2, -0.15) is 0 Å². The van der Waals surface area contributed by atoms with Crippen LogP contribution in [0, 0.1) is 12.8 Å². The molecular formula is C36H54ClN3O4. The van der Waals surface area contributed by atoms with Gasteiger partial charge in [0, 0.05) is 6.54 Å². The number of rotatable bonds is 16. The molecule has 0 saturated carbocycles. The van der Waals surface area contributed by atoms with Gasteiger partial charge in [0.25, 0.3) is 5.91 Å². The summed E-state index contributed by atoms with van der Waals surface area (Å²) in [5.41, 5.74) is 2.45. The maximum absolute atomic E-state index is 14.6. The minimum Gasteiger partial charge on any atom is -0.444 e. The number of anilines is 1. The van der Waals surface area contributed by atoms with Crippen LogP contribution in [-0.4, -0.2) is 41.0 Å². The first-order valence-electron chi connectivity index (χ1n) is 16.3. The molecule has 0 aliphatic carbocycles. The van der Waals surface area contributed by atoms with Crippen LogP contribution in [0.25, 0.3) is 0 Å². The van der Waals surface area contributed by atoms with Crippen LogP contribution < -0.4 is 10.6 Å². The second kappa shape index (κ2) is 18.0. The highest BCUT2D eigenvalue weighted by molar-refractivity contribution is 6.34. The lowest BCUT2D eigenvalue weighted by molar-refractivity contribution is -0.142. The van der Waals surface area contributed by atoms with Crippen molar-refractivity contribution in [2.24, 2.45) is 5.92 Å². The van der Waals surface area contributed by atoms with Crippen molar-refractivity contribution in [2.45, 2.75) is 124 Å². The van der Waals surface area contributed by atoms with E-state index in [9.17, 15) is 14.4 Å². The van der Waals surface area contributed by atoms with E-state index < -0.39 is 23.8 Å². The molecule has 44 heavy (non-hydrogen) atoms. The number of ether oxygens (including phenoxy) is 1. The van der Waals surface area contributed by atoms with Crippen molar-refractivity contribution in [3.05, 3.63) is 64.2 Å². The minimum absolute atomic E-state index is 0.195. The van der Waals surface area contributed by atoms with E-state index >= 15 is 0 Å². The summed E-state index contributed by atoms with van der Waals surface area (Å²) in [6, 6.07) is 11.5. The predicted octanol–water partition coefficient (Wildman–Crippen LogP) is 9.02. The lowest BCUT2D eigenvalue weighted by Gasteiger charge is -2.36. The number of aryl methyl sites for hydroxylation is 2. The number of hydrogen-bond donors (Lipinski definition) is 2. The smallest absolute Gasteiger partial charge is 0.408 e. The van der Waals surface area contributed by atoms with Gasteiger partial charge in [-0.3, -0.25) is 9.59 Å². The molecule has 0 fully saturated rings. The van der Waals surface area contributed by atoms with Gasteiger partial charge < -0.3 is 20.3 Å². The Morgan fingerprint density at radius 3 is 2.14 bits per heavy atom. The Morgan fingerprint density at radius 1 is 0.932 bits per heavy atom. The molecule has 0 aliphatic rings. The fourth-order valence-corrected chi connectivity index (χ4v) is 5.38. The highest BCUT2D eigenvalue weighted by atomic mass is 35.5. The van der Waals surface area contributed by atoms with E-state index in [4.69, 9.17) is 16.3 Å². The van der Waals surface area contributed by atoms with Crippen LogP contribution in [-0.2, 0) is 20.7 Å². The molecule has 0 aromatic heterocycles. The zero-order chi connectivity index (χ0) is 32.9. The maximum atomic E-state index is 14.6. The molecule has 3 unspecified atom stereocenters. The zero-order valence-corrected chi connectivity index (χ0v) is 28.9. The molecule has 244 valence electrons. The van der Waals surface area contributed by atoms with E-state index in [2.05, 4.69) is 24.5 Å². The molecule has 2 aromatic rings. The first-order valence-corrected chi connectivity index (χ1v) is 16.6. The first kappa shape index (κ1) is 37.1. The zero-order valence-electron chi connectivity index (χ0n) is 28.1. The van der Waals surface area contributed by atoms with Gasteiger partial charge in [0.2, 0.25) is 5.91 Å². The summed E-state index contributed by atoms with van der Waals surface area (Å²) in [6.07, 6.45) is 7.02. The molecule has 0 spiro atoms. The summed E-state index contributed by atoms with van der Waals surface area (Å²) in [7, 11) is 0. The number of para-hydroxylation sites is 1. The van der Waals surface area contributed by atoms with Gasteiger partial charge in [0.15, 0.2) is 0 Å². The Kier molecular flexibility index (Phi) is 15.2. The molecule has 2 N–H and O–H groups in total. The van der Waals surface area contributed by atoms with Gasteiger partial charge in [0.05, 0.1) is 10.7 Å². The van der Waals surface area contributed by atoms with Gasteiger partial charge in [-0.1, -0.05) is 114 Å². The number of nitrogens with zero attached hydrogens (tertiary/aromatic N) is 1. The summed E-state index contributed by atoms with van der Waals surface area (Å²) in [5.74, 6) is -0.863. The third kappa shape index (κ3) is 11.5. The second-order valence-corrected chi connectivity index (χ2v) is 13.1. The number of halogens is 1. The number of amides is 3. The van der Waals surface area contributed by atoms with Crippen molar-refractivity contribution >= 4 is 35.2 Å². The van der Waals surface area contributed by atoms with Crippen molar-refractivity contribution in [2.75, 3.05) is 11.9 Å². The molecule has 2 rings (SSSR count). The Bertz CT molecular complexity index is 1190. The largest absolute Gasteiger partial charge is 0.444 e. The third-order valence-corrected chi connectivity index (χ3v) is 8.24. The van der Waals surface area contributed by atoms with E-state index in [1.165, 1.54) is 6.42 Å². The molecule has 3 amide bonds. The van der Waals surface area contributed by atoms with E-state index in [0.29, 0.717) is 29.2 Å². The number of hydrogen-bond acceptors (Lipinski definition) is 4. The third-order valence-electron chi connectivity index (χ3n) is 7.92. The van der Waals surface area contributed by atoms with Crippen molar-refractivity contribution in [3.8, 4) is 0 Å². The van der Waals surface area contributed by atoms with Crippen LogP contribution in [0.15, 0.2) is 42.5 Å². The van der Waals surface area contributed by atoms with Crippen LogP contribution in [0.5, 0.6) is 0 Å². The lowest BCUT2D eigenvalue weighted by atomic mass is 9.95. The van der Waals surface area contributed by atoms with Crippen LogP contribution in [0.4, 0.5) is 10.5 Å². The highest BCUT2D eigenvalue weighted by Crippen LogP contribution is 2.30. The summed E-state index contributed by atoms with van der Waals surface area (Å²) in [4.78, 5) is 43.5. The van der Waals surface area contributed by atoms with Gasteiger partial charge >= 0.3 is 6.09 Å². The summed E-state index contributed by atoms with van der Waals surface area (Å²) < 4.78 is 5.54. The Morgan fingerprint density at radius 2 is 1.57 bits per heavy atom. The maximum Gasteiger partial charge on any atom is 0.408 e. The Balaban J connectivity index is 2.59. The normalized spacial score (nSPS) is 13.5. The number of carbonyl (C=O) groups is 3. The number of unbranched alkanes of at least 4 members (excludes halogenated alkanes) is 5. The van der Waals surface area contributed by atoms with Crippen LogP contribution >= 0.6 is 11.6 Å². The molecular weight excluding hydrogens is 574 g/mol.